The molecule has 1 rings (SSSR count). The van der Waals surface area contributed by atoms with Gasteiger partial charge in [-0.05, 0) is 27.7 Å². The molecule has 0 fully saturated rings. The smallest absolute Gasteiger partial charge is 0.128 e. The van der Waals surface area contributed by atoms with Crippen molar-refractivity contribution in [3.8, 4) is 5.75 Å². The maximum absolute atomic E-state index is 9.87. The molecule has 0 aromatic carbocycles. The fourth-order valence-electron chi connectivity index (χ4n) is 1.71. The first-order valence-electron chi connectivity index (χ1n) is 5.67. The number of hydrogen-bond donors (Lipinski definition) is 2. The third-order valence-corrected chi connectivity index (χ3v) is 2.95. The second kappa shape index (κ2) is 5.02. The van der Waals surface area contributed by atoms with Crippen LogP contribution in [0.2, 0.25) is 0 Å². The highest BCUT2D eigenvalue weighted by molar-refractivity contribution is 5.41. The number of pyridine rings is 1. The van der Waals surface area contributed by atoms with Gasteiger partial charge in [-0.1, -0.05) is 0 Å². The lowest BCUT2D eigenvalue weighted by molar-refractivity contribution is -0.0474. The summed E-state index contributed by atoms with van der Waals surface area (Å²) in [4.78, 5) is 4.29. The van der Waals surface area contributed by atoms with Crippen molar-refractivity contribution in [3.63, 3.8) is 0 Å². The van der Waals surface area contributed by atoms with Crippen molar-refractivity contribution in [2.45, 2.75) is 45.8 Å². The van der Waals surface area contributed by atoms with Crippen molar-refractivity contribution < 1.29 is 14.9 Å². The SMILES string of the molecule is COc1c(C)cnc(CC(O)C(C)(C)O)c1C. The second-order valence-electron chi connectivity index (χ2n) is 4.92. The fourth-order valence-corrected chi connectivity index (χ4v) is 1.71. The Morgan fingerprint density at radius 3 is 2.47 bits per heavy atom. The first-order chi connectivity index (χ1) is 7.77. The molecule has 1 atom stereocenters. The minimum atomic E-state index is -1.13. The largest absolute Gasteiger partial charge is 0.496 e. The molecule has 1 unspecified atom stereocenters. The van der Waals surface area contributed by atoms with E-state index in [-0.39, 0.29) is 0 Å². The number of methoxy groups -OCH3 is 1. The molecule has 17 heavy (non-hydrogen) atoms. The first-order valence-corrected chi connectivity index (χ1v) is 5.67. The quantitative estimate of drug-likeness (QED) is 0.833. The molecule has 4 nitrogen and oxygen atoms in total. The summed E-state index contributed by atoms with van der Waals surface area (Å²) < 4.78 is 5.30. The number of ether oxygens (including phenoxy) is 1. The number of rotatable bonds is 4. The van der Waals surface area contributed by atoms with Gasteiger partial charge in [0, 0.05) is 29.4 Å². The van der Waals surface area contributed by atoms with E-state index in [0.29, 0.717) is 6.42 Å². The summed E-state index contributed by atoms with van der Waals surface area (Å²) in [6.07, 6.45) is 1.19. The Balaban J connectivity index is 3.01. The average Bonchev–Trinajstić information content (AvgIpc) is 2.21. The van der Waals surface area contributed by atoms with E-state index in [1.54, 1.807) is 27.2 Å². The van der Waals surface area contributed by atoms with Crippen molar-refractivity contribution in [2.75, 3.05) is 7.11 Å². The standard InChI is InChI=1S/C13H21NO3/c1-8-7-14-10(9(2)12(8)17-5)6-11(15)13(3,4)16/h7,11,15-16H,6H2,1-5H3. The number of aliphatic hydroxyl groups excluding tert-OH is 1. The van der Waals surface area contributed by atoms with Crippen molar-refractivity contribution in [1.82, 2.24) is 4.98 Å². The lowest BCUT2D eigenvalue weighted by atomic mass is 9.95. The Bertz CT molecular complexity index is 396. The van der Waals surface area contributed by atoms with Crippen LogP contribution >= 0.6 is 0 Å². The predicted octanol–water partition coefficient (Wildman–Crippen LogP) is 1.38. The minimum absolute atomic E-state index is 0.311. The Hall–Kier alpha value is -1.13. The number of aromatic nitrogens is 1. The van der Waals surface area contributed by atoms with Crippen molar-refractivity contribution in [2.24, 2.45) is 0 Å². The number of aryl methyl sites for hydroxylation is 1. The molecule has 0 aliphatic heterocycles. The highest BCUT2D eigenvalue weighted by atomic mass is 16.5. The third-order valence-electron chi connectivity index (χ3n) is 2.95. The van der Waals surface area contributed by atoms with Gasteiger partial charge in [0.15, 0.2) is 0 Å². The lowest BCUT2D eigenvalue weighted by Gasteiger charge is -2.25. The lowest BCUT2D eigenvalue weighted by Crippen LogP contribution is -2.37. The van der Waals surface area contributed by atoms with Crippen LogP contribution in [0.3, 0.4) is 0 Å². The highest BCUT2D eigenvalue weighted by Gasteiger charge is 2.26. The van der Waals surface area contributed by atoms with Crippen LogP contribution in [0.1, 0.15) is 30.7 Å². The molecule has 4 heteroatoms. The van der Waals surface area contributed by atoms with E-state index in [0.717, 1.165) is 22.6 Å². The minimum Gasteiger partial charge on any atom is -0.496 e. The number of nitrogens with zero attached hydrogens (tertiary/aromatic N) is 1. The van der Waals surface area contributed by atoms with Gasteiger partial charge in [0.2, 0.25) is 0 Å². The van der Waals surface area contributed by atoms with Crippen molar-refractivity contribution >= 4 is 0 Å². The van der Waals surface area contributed by atoms with Crippen LogP contribution in [0.4, 0.5) is 0 Å². The summed E-state index contributed by atoms with van der Waals surface area (Å²) in [5, 5.41) is 19.6. The Morgan fingerprint density at radius 1 is 1.41 bits per heavy atom. The van der Waals surface area contributed by atoms with Gasteiger partial charge in [-0.3, -0.25) is 4.98 Å². The van der Waals surface area contributed by atoms with Crippen LogP contribution in [0.25, 0.3) is 0 Å². The fraction of sp³-hybridized carbons (Fsp3) is 0.615. The predicted molar refractivity (Wildman–Crippen MR) is 66.3 cm³/mol. The second-order valence-corrected chi connectivity index (χ2v) is 4.92. The molecule has 1 aromatic rings. The number of aliphatic hydroxyl groups is 2. The first kappa shape index (κ1) is 13.9. The summed E-state index contributed by atoms with van der Waals surface area (Å²) in [7, 11) is 1.62. The molecular formula is C13H21NO3. The molecule has 0 amide bonds. The Kier molecular flexibility index (Phi) is 4.11. The van der Waals surface area contributed by atoms with Crippen LogP contribution in [0.5, 0.6) is 5.75 Å². The summed E-state index contributed by atoms with van der Waals surface area (Å²) in [5.41, 5.74) is 1.50. The van der Waals surface area contributed by atoms with Gasteiger partial charge in [0.25, 0.3) is 0 Å². The van der Waals surface area contributed by atoms with Crippen LogP contribution in [-0.2, 0) is 6.42 Å². The summed E-state index contributed by atoms with van der Waals surface area (Å²) in [5.74, 6) is 0.790. The molecular weight excluding hydrogens is 218 g/mol. The molecule has 0 saturated heterocycles. The van der Waals surface area contributed by atoms with Gasteiger partial charge in [-0.25, -0.2) is 0 Å². The maximum atomic E-state index is 9.87. The topological polar surface area (TPSA) is 62.6 Å². The molecule has 0 bridgehead atoms. The summed E-state index contributed by atoms with van der Waals surface area (Å²) >= 11 is 0. The molecule has 0 aliphatic carbocycles. The monoisotopic (exact) mass is 239 g/mol. The molecule has 0 radical (unpaired) electrons. The van der Waals surface area contributed by atoms with E-state index in [9.17, 15) is 10.2 Å². The van der Waals surface area contributed by atoms with Gasteiger partial charge in [-0.15, -0.1) is 0 Å². The average molecular weight is 239 g/mol. The van der Waals surface area contributed by atoms with E-state index in [2.05, 4.69) is 4.98 Å². The van der Waals surface area contributed by atoms with E-state index in [1.807, 2.05) is 13.8 Å². The van der Waals surface area contributed by atoms with Crippen molar-refractivity contribution in [3.05, 3.63) is 23.0 Å². The van der Waals surface area contributed by atoms with Gasteiger partial charge >= 0.3 is 0 Å². The zero-order valence-electron chi connectivity index (χ0n) is 11.1. The maximum Gasteiger partial charge on any atom is 0.128 e. The van der Waals surface area contributed by atoms with Gasteiger partial charge in [-0.2, -0.15) is 0 Å². The van der Waals surface area contributed by atoms with E-state index in [1.165, 1.54) is 0 Å². The van der Waals surface area contributed by atoms with Crippen molar-refractivity contribution in [1.29, 1.82) is 0 Å². The molecule has 1 heterocycles. The molecule has 2 N–H and O–H groups in total. The van der Waals surface area contributed by atoms with E-state index < -0.39 is 11.7 Å². The zero-order chi connectivity index (χ0) is 13.2. The Morgan fingerprint density at radius 2 is 2.00 bits per heavy atom. The van der Waals surface area contributed by atoms with Crippen LogP contribution in [0.15, 0.2) is 6.20 Å². The molecule has 96 valence electrons. The third kappa shape index (κ3) is 3.17. The van der Waals surface area contributed by atoms with Gasteiger partial charge in [0.1, 0.15) is 5.75 Å². The highest BCUT2D eigenvalue weighted by Crippen LogP contribution is 2.25. The molecule has 0 saturated carbocycles. The van der Waals surface area contributed by atoms with Gasteiger partial charge in [0.05, 0.1) is 18.8 Å². The molecule has 1 aromatic heterocycles. The normalized spacial score (nSPS) is 13.6. The molecule has 0 spiro atoms. The van der Waals surface area contributed by atoms with Gasteiger partial charge < -0.3 is 14.9 Å². The zero-order valence-corrected chi connectivity index (χ0v) is 11.1. The van der Waals surface area contributed by atoms with Crippen LogP contribution in [0, 0.1) is 13.8 Å². The van der Waals surface area contributed by atoms with Crippen LogP contribution < -0.4 is 4.74 Å². The van der Waals surface area contributed by atoms with E-state index in [4.69, 9.17) is 4.74 Å². The van der Waals surface area contributed by atoms with Crippen LogP contribution in [-0.4, -0.2) is 34.0 Å². The van der Waals surface area contributed by atoms with E-state index >= 15 is 0 Å². The molecule has 0 aliphatic rings. The summed E-state index contributed by atoms with van der Waals surface area (Å²) in [6.45, 7) is 7.00. The summed E-state index contributed by atoms with van der Waals surface area (Å²) in [6, 6.07) is 0. The Labute approximate surface area is 102 Å². The number of hydrogen-bond acceptors (Lipinski definition) is 4.